The van der Waals surface area contributed by atoms with Crippen molar-refractivity contribution in [3.8, 4) is 0 Å². The van der Waals surface area contributed by atoms with Crippen LogP contribution in [0.15, 0.2) is 0 Å². The van der Waals surface area contributed by atoms with Gasteiger partial charge in [0.1, 0.15) is 9.84 Å². The van der Waals surface area contributed by atoms with Crippen molar-refractivity contribution in [1.82, 2.24) is 5.32 Å². The van der Waals surface area contributed by atoms with Crippen molar-refractivity contribution in [2.24, 2.45) is 0 Å². The Morgan fingerprint density at radius 3 is 2.06 bits per heavy atom. The van der Waals surface area contributed by atoms with Crippen molar-refractivity contribution in [3.05, 3.63) is 0 Å². The Hall–Kier alpha value is -0.0900. The Bertz CT molecular complexity index is 345. The summed E-state index contributed by atoms with van der Waals surface area (Å²) in [7, 11) is -2.85. The standard InChI is InChI=1S/C14H27NO2S/c1-18(16,17)14-10-6-9-13(11-14)15-12-7-4-2-3-5-8-12/h12-15H,2-11H2,1H3. The van der Waals surface area contributed by atoms with E-state index in [0.717, 1.165) is 25.7 Å². The molecule has 0 heterocycles. The molecule has 1 N–H and O–H groups in total. The summed E-state index contributed by atoms with van der Waals surface area (Å²) >= 11 is 0. The smallest absolute Gasteiger partial charge is 0.150 e. The normalized spacial score (nSPS) is 32.1. The third-order valence-corrected chi connectivity index (χ3v) is 6.20. The first kappa shape index (κ1) is 14.3. The second kappa shape index (κ2) is 6.38. The molecule has 4 heteroatoms. The first-order chi connectivity index (χ1) is 8.55. The molecule has 2 fully saturated rings. The van der Waals surface area contributed by atoms with Gasteiger partial charge >= 0.3 is 0 Å². The van der Waals surface area contributed by atoms with Crippen LogP contribution in [0.25, 0.3) is 0 Å². The molecule has 0 bridgehead atoms. The molecule has 2 atom stereocenters. The summed E-state index contributed by atoms with van der Waals surface area (Å²) in [6, 6.07) is 1.07. The van der Waals surface area contributed by atoms with Crippen molar-refractivity contribution in [2.75, 3.05) is 6.26 Å². The molecule has 2 aliphatic rings. The largest absolute Gasteiger partial charge is 0.311 e. The lowest BCUT2D eigenvalue weighted by Gasteiger charge is -2.32. The van der Waals surface area contributed by atoms with Gasteiger partial charge in [-0.15, -0.1) is 0 Å². The Morgan fingerprint density at radius 2 is 1.44 bits per heavy atom. The van der Waals surface area contributed by atoms with Gasteiger partial charge in [-0.25, -0.2) is 8.42 Å². The molecule has 18 heavy (non-hydrogen) atoms. The molecular weight excluding hydrogens is 246 g/mol. The maximum atomic E-state index is 11.7. The predicted octanol–water partition coefficient (Wildman–Crippen LogP) is 2.65. The van der Waals surface area contributed by atoms with E-state index in [9.17, 15) is 8.42 Å². The third kappa shape index (κ3) is 4.23. The highest BCUT2D eigenvalue weighted by Crippen LogP contribution is 2.26. The average molecular weight is 273 g/mol. The van der Waals surface area contributed by atoms with Crippen LogP contribution in [-0.4, -0.2) is 32.0 Å². The summed E-state index contributed by atoms with van der Waals surface area (Å²) in [5.41, 5.74) is 0. The molecular formula is C14H27NO2S. The average Bonchev–Trinajstić information content (AvgIpc) is 2.57. The van der Waals surface area contributed by atoms with Crippen molar-refractivity contribution in [1.29, 1.82) is 0 Å². The molecule has 2 unspecified atom stereocenters. The van der Waals surface area contributed by atoms with Gasteiger partial charge in [-0.1, -0.05) is 32.1 Å². The zero-order valence-electron chi connectivity index (χ0n) is 11.5. The van der Waals surface area contributed by atoms with Gasteiger partial charge in [-0.05, 0) is 32.1 Å². The fourth-order valence-corrected chi connectivity index (χ4v) is 4.64. The quantitative estimate of drug-likeness (QED) is 0.804. The van der Waals surface area contributed by atoms with E-state index in [4.69, 9.17) is 0 Å². The molecule has 106 valence electrons. The van der Waals surface area contributed by atoms with Gasteiger partial charge in [0.05, 0.1) is 5.25 Å². The summed E-state index contributed by atoms with van der Waals surface area (Å²) in [5, 5.41) is 3.63. The first-order valence-electron chi connectivity index (χ1n) is 7.50. The van der Waals surface area contributed by atoms with Gasteiger partial charge in [-0.3, -0.25) is 0 Å². The molecule has 2 saturated carbocycles. The number of sulfone groups is 1. The van der Waals surface area contributed by atoms with E-state index in [1.165, 1.54) is 44.8 Å². The molecule has 0 aliphatic heterocycles. The van der Waals surface area contributed by atoms with Crippen LogP contribution in [0.3, 0.4) is 0 Å². The summed E-state index contributed by atoms with van der Waals surface area (Å²) < 4.78 is 23.3. The van der Waals surface area contributed by atoms with Crippen LogP contribution in [0.2, 0.25) is 0 Å². The van der Waals surface area contributed by atoms with E-state index < -0.39 is 9.84 Å². The minimum absolute atomic E-state index is 0.102. The molecule has 0 aromatic carbocycles. The SMILES string of the molecule is CS(=O)(=O)C1CCCC(NC2CCCCCC2)C1. The van der Waals surface area contributed by atoms with Crippen LogP contribution < -0.4 is 5.32 Å². The number of rotatable bonds is 3. The van der Waals surface area contributed by atoms with E-state index in [1.54, 1.807) is 0 Å². The van der Waals surface area contributed by atoms with Gasteiger partial charge in [0.25, 0.3) is 0 Å². The number of nitrogens with one attached hydrogen (secondary N) is 1. The molecule has 0 amide bonds. The van der Waals surface area contributed by atoms with Crippen LogP contribution in [-0.2, 0) is 9.84 Å². The summed E-state index contributed by atoms with van der Waals surface area (Å²) in [6.07, 6.45) is 13.3. The van der Waals surface area contributed by atoms with Gasteiger partial charge < -0.3 is 5.32 Å². The van der Waals surface area contributed by atoms with Crippen LogP contribution in [0.4, 0.5) is 0 Å². The second-order valence-electron chi connectivity index (χ2n) is 6.17. The minimum atomic E-state index is -2.85. The molecule has 0 radical (unpaired) electrons. The van der Waals surface area contributed by atoms with Crippen molar-refractivity contribution < 1.29 is 8.42 Å². The maximum Gasteiger partial charge on any atom is 0.150 e. The van der Waals surface area contributed by atoms with Crippen LogP contribution in [0, 0.1) is 0 Å². The van der Waals surface area contributed by atoms with E-state index in [2.05, 4.69) is 5.32 Å². The molecule has 0 spiro atoms. The first-order valence-corrected chi connectivity index (χ1v) is 9.46. The lowest BCUT2D eigenvalue weighted by Crippen LogP contribution is -2.43. The van der Waals surface area contributed by atoms with E-state index in [0.29, 0.717) is 12.1 Å². The van der Waals surface area contributed by atoms with E-state index in [1.807, 2.05) is 0 Å². The molecule has 0 saturated heterocycles. The van der Waals surface area contributed by atoms with Gasteiger partial charge in [-0.2, -0.15) is 0 Å². The lowest BCUT2D eigenvalue weighted by molar-refractivity contribution is 0.320. The van der Waals surface area contributed by atoms with Gasteiger partial charge in [0.2, 0.25) is 0 Å². The Labute approximate surface area is 112 Å². The highest BCUT2D eigenvalue weighted by molar-refractivity contribution is 7.91. The molecule has 2 aliphatic carbocycles. The topological polar surface area (TPSA) is 46.2 Å². The molecule has 0 aromatic heterocycles. The number of hydrogen-bond donors (Lipinski definition) is 1. The van der Waals surface area contributed by atoms with Crippen molar-refractivity contribution in [2.45, 2.75) is 81.5 Å². The van der Waals surface area contributed by atoms with Crippen molar-refractivity contribution >= 4 is 9.84 Å². The fourth-order valence-electron chi connectivity index (χ4n) is 3.46. The molecule has 0 aromatic rings. The number of hydrogen-bond acceptors (Lipinski definition) is 3. The Balaban J connectivity index is 1.85. The van der Waals surface area contributed by atoms with Gasteiger partial charge in [0.15, 0.2) is 0 Å². The predicted molar refractivity (Wildman–Crippen MR) is 75.5 cm³/mol. The van der Waals surface area contributed by atoms with Crippen molar-refractivity contribution in [3.63, 3.8) is 0 Å². The highest BCUT2D eigenvalue weighted by atomic mass is 32.2. The van der Waals surface area contributed by atoms with E-state index >= 15 is 0 Å². The van der Waals surface area contributed by atoms with Gasteiger partial charge in [0, 0.05) is 18.3 Å². The Morgan fingerprint density at radius 1 is 0.833 bits per heavy atom. The third-order valence-electron chi connectivity index (χ3n) is 4.56. The Kier molecular flexibility index (Phi) is 5.07. The minimum Gasteiger partial charge on any atom is -0.311 e. The lowest BCUT2D eigenvalue weighted by atomic mass is 9.93. The maximum absolute atomic E-state index is 11.7. The molecule has 3 nitrogen and oxygen atoms in total. The zero-order valence-corrected chi connectivity index (χ0v) is 12.3. The zero-order chi connectivity index (χ0) is 13.0. The van der Waals surface area contributed by atoms with Crippen LogP contribution >= 0.6 is 0 Å². The summed E-state index contributed by atoms with van der Waals surface area (Å²) in [4.78, 5) is 0. The van der Waals surface area contributed by atoms with Crippen LogP contribution in [0.5, 0.6) is 0 Å². The second-order valence-corrected chi connectivity index (χ2v) is 8.50. The molecule has 2 rings (SSSR count). The van der Waals surface area contributed by atoms with Crippen LogP contribution in [0.1, 0.15) is 64.2 Å². The summed E-state index contributed by atoms with van der Waals surface area (Å²) in [5.74, 6) is 0. The van der Waals surface area contributed by atoms with E-state index in [-0.39, 0.29) is 5.25 Å². The summed E-state index contributed by atoms with van der Waals surface area (Å²) in [6.45, 7) is 0. The monoisotopic (exact) mass is 273 g/mol. The fraction of sp³-hybridized carbons (Fsp3) is 1.00. The highest BCUT2D eigenvalue weighted by Gasteiger charge is 2.29.